The second kappa shape index (κ2) is 7.47. The topological polar surface area (TPSA) is 74.6 Å². The summed E-state index contributed by atoms with van der Waals surface area (Å²) in [5.41, 5.74) is -0.825. The predicted molar refractivity (Wildman–Crippen MR) is 116 cm³/mol. The first-order chi connectivity index (χ1) is 14.0. The summed E-state index contributed by atoms with van der Waals surface area (Å²) in [4.78, 5) is 24.4. The molecule has 3 atom stereocenters. The lowest BCUT2D eigenvalue weighted by molar-refractivity contribution is 0.0916. The number of phenols is 1. The van der Waals surface area contributed by atoms with E-state index in [4.69, 9.17) is 0 Å². The van der Waals surface area contributed by atoms with Crippen molar-refractivity contribution < 1.29 is 19.4 Å². The monoisotopic (exact) mass is 404 g/mol. The third-order valence-electron chi connectivity index (χ3n) is 5.62. The van der Waals surface area contributed by atoms with Gasteiger partial charge in [0.05, 0.1) is 11.1 Å². The van der Waals surface area contributed by atoms with E-state index in [-0.39, 0.29) is 11.5 Å². The lowest BCUT2D eigenvalue weighted by atomic mass is 9.68. The third-order valence-corrected chi connectivity index (χ3v) is 6.80. The highest BCUT2D eigenvalue weighted by atomic mass is 31.1. The summed E-state index contributed by atoms with van der Waals surface area (Å²) >= 11 is 0. The molecule has 1 aliphatic rings. The van der Waals surface area contributed by atoms with Crippen molar-refractivity contribution in [2.75, 3.05) is 0 Å². The maximum absolute atomic E-state index is 14.2. The molecular formula is C24H21O4P. The number of ketones is 1. The third kappa shape index (κ3) is 3.05. The average Bonchev–Trinajstić information content (AvgIpc) is 2.73. The Morgan fingerprint density at radius 3 is 2.48 bits per heavy atom. The van der Waals surface area contributed by atoms with E-state index in [2.05, 4.69) is 0 Å². The summed E-state index contributed by atoms with van der Waals surface area (Å²) in [5, 5.41) is 12.3. The molecule has 0 heterocycles. The summed E-state index contributed by atoms with van der Waals surface area (Å²) in [6, 6.07) is 18.0. The molecule has 0 amide bonds. The van der Waals surface area contributed by atoms with Gasteiger partial charge in [0.2, 0.25) is 0 Å². The van der Waals surface area contributed by atoms with Crippen LogP contribution in [0.5, 0.6) is 5.75 Å². The van der Waals surface area contributed by atoms with Crippen LogP contribution in [0.4, 0.5) is 0 Å². The zero-order valence-electron chi connectivity index (χ0n) is 15.9. The van der Waals surface area contributed by atoms with Crippen LogP contribution in [-0.2, 0) is 9.98 Å². The number of para-hydroxylation sites is 1. The van der Waals surface area contributed by atoms with Crippen LogP contribution in [0.2, 0.25) is 0 Å². The molecule has 0 aromatic heterocycles. The van der Waals surface area contributed by atoms with Crippen LogP contribution < -0.4 is 0 Å². The Balaban J connectivity index is 2.07. The van der Waals surface area contributed by atoms with Gasteiger partial charge in [-0.2, -0.15) is 0 Å². The Bertz CT molecular complexity index is 1190. The van der Waals surface area contributed by atoms with Gasteiger partial charge in [0.1, 0.15) is 5.75 Å². The maximum Gasteiger partial charge on any atom is 0.197 e. The van der Waals surface area contributed by atoms with Crippen molar-refractivity contribution in [1.29, 1.82) is 0 Å². The van der Waals surface area contributed by atoms with Crippen molar-refractivity contribution in [3.05, 3.63) is 102 Å². The molecule has 0 fully saturated rings. The van der Waals surface area contributed by atoms with Crippen molar-refractivity contribution in [2.45, 2.75) is 18.0 Å². The van der Waals surface area contributed by atoms with E-state index >= 15 is 0 Å². The van der Waals surface area contributed by atoms with Crippen LogP contribution in [0.3, 0.4) is 0 Å². The maximum atomic E-state index is 14.2. The number of hydrogen-bond donors (Lipinski definition) is 2. The standard InChI is InChI=1S/C24H21O4P/c1-16-13-14-17-8-2-3-9-18(17)22(16)23(26)24(19-10-4-5-11-20(19)25)15-7-6-12-21(24)29(27)28/h2-15,21,25,29H,1H3,(H,27,28). The van der Waals surface area contributed by atoms with Gasteiger partial charge in [-0.05, 0) is 29.3 Å². The summed E-state index contributed by atoms with van der Waals surface area (Å²) in [5.74, 6) is -0.377. The van der Waals surface area contributed by atoms with Crippen LogP contribution >= 0.6 is 8.03 Å². The van der Waals surface area contributed by atoms with Crippen LogP contribution in [0.1, 0.15) is 21.5 Å². The van der Waals surface area contributed by atoms with Crippen LogP contribution in [0.15, 0.2) is 85.0 Å². The van der Waals surface area contributed by atoms with Gasteiger partial charge in [0.15, 0.2) is 13.8 Å². The van der Waals surface area contributed by atoms with Crippen molar-refractivity contribution in [3.8, 4) is 5.75 Å². The molecule has 4 nitrogen and oxygen atoms in total. The number of rotatable bonds is 4. The smallest absolute Gasteiger partial charge is 0.197 e. The number of aryl methyl sites for hydroxylation is 1. The predicted octanol–water partition coefficient (Wildman–Crippen LogP) is 4.94. The fourth-order valence-electron chi connectivity index (χ4n) is 4.22. The molecule has 0 bridgehead atoms. The average molecular weight is 404 g/mol. The second-order valence-corrected chi connectivity index (χ2v) is 8.55. The fraction of sp³-hybridized carbons (Fsp3) is 0.125. The van der Waals surface area contributed by atoms with E-state index in [1.165, 1.54) is 6.07 Å². The normalized spacial score (nSPS) is 21.9. The summed E-state index contributed by atoms with van der Waals surface area (Å²) in [6.45, 7) is 1.86. The Morgan fingerprint density at radius 1 is 1.00 bits per heavy atom. The van der Waals surface area contributed by atoms with Crippen molar-refractivity contribution in [1.82, 2.24) is 0 Å². The van der Waals surface area contributed by atoms with Gasteiger partial charge in [-0.3, -0.25) is 9.36 Å². The van der Waals surface area contributed by atoms with E-state index < -0.39 is 19.1 Å². The SMILES string of the molecule is Cc1ccc2ccccc2c1C(=O)C1(c2ccccc2O)C=CC=CC1[PH](=O)O. The molecule has 4 rings (SSSR count). The molecule has 0 radical (unpaired) electrons. The van der Waals surface area contributed by atoms with E-state index in [1.54, 1.807) is 42.5 Å². The quantitative estimate of drug-likeness (QED) is 0.477. The highest BCUT2D eigenvalue weighted by Gasteiger charge is 2.49. The highest BCUT2D eigenvalue weighted by molar-refractivity contribution is 7.39. The number of phenolic OH excluding ortho intramolecular Hbond substituents is 1. The van der Waals surface area contributed by atoms with Gasteiger partial charge in [0.25, 0.3) is 0 Å². The van der Waals surface area contributed by atoms with Gasteiger partial charge in [-0.25, -0.2) is 0 Å². The molecule has 146 valence electrons. The van der Waals surface area contributed by atoms with E-state index in [0.29, 0.717) is 11.1 Å². The van der Waals surface area contributed by atoms with Crippen LogP contribution in [0.25, 0.3) is 10.8 Å². The molecule has 1 aliphatic carbocycles. The molecule has 0 saturated carbocycles. The number of carbonyl (C=O) groups is 1. The molecular weight excluding hydrogens is 383 g/mol. The number of allylic oxidation sites excluding steroid dienone is 4. The molecule has 29 heavy (non-hydrogen) atoms. The van der Waals surface area contributed by atoms with Crippen molar-refractivity contribution in [2.24, 2.45) is 0 Å². The molecule has 5 heteroatoms. The Hall–Kier alpha value is -2.94. The fourth-order valence-corrected chi connectivity index (χ4v) is 5.27. The summed E-state index contributed by atoms with van der Waals surface area (Å²) in [6.07, 6.45) is 6.61. The first kappa shape index (κ1) is 19.4. The Labute approximate surface area is 169 Å². The molecule has 3 aromatic rings. The molecule has 3 aromatic carbocycles. The van der Waals surface area contributed by atoms with E-state index in [1.807, 2.05) is 43.3 Å². The Kier molecular flexibility index (Phi) is 4.99. The summed E-state index contributed by atoms with van der Waals surface area (Å²) in [7, 11) is -3.14. The molecule has 3 unspecified atom stereocenters. The summed E-state index contributed by atoms with van der Waals surface area (Å²) < 4.78 is 12.4. The zero-order chi connectivity index (χ0) is 20.6. The van der Waals surface area contributed by atoms with Crippen LogP contribution in [-0.4, -0.2) is 21.4 Å². The largest absolute Gasteiger partial charge is 0.508 e. The lowest BCUT2D eigenvalue weighted by Crippen LogP contribution is -2.44. The number of benzene rings is 3. The minimum absolute atomic E-state index is 0.0769. The molecule has 0 spiro atoms. The second-order valence-electron chi connectivity index (χ2n) is 7.25. The number of carbonyl (C=O) groups excluding carboxylic acids is 1. The van der Waals surface area contributed by atoms with Gasteiger partial charge in [-0.15, -0.1) is 0 Å². The lowest BCUT2D eigenvalue weighted by Gasteiger charge is -2.37. The van der Waals surface area contributed by atoms with Gasteiger partial charge in [0, 0.05) is 11.1 Å². The molecule has 2 N–H and O–H groups in total. The number of aromatic hydroxyl groups is 1. The number of hydrogen-bond acceptors (Lipinski definition) is 3. The first-order valence-electron chi connectivity index (χ1n) is 9.37. The van der Waals surface area contributed by atoms with Gasteiger partial charge < -0.3 is 10.00 Å². The minimum atomic E-state index is -3.14. The van der Waals surface area contributed by atoms with Gasteiger partial charge >= 0.3 is 0 Å². The molecule has 0 aliphatic heterocycles. The highest BCUT2D eigenvalue weighted by Crippen LogP contribution is 2.49. The van der Waals surface area contributed by atoms with E-state index in [0.717, 1.165) is 16.3 Å². The minimum Gasteiger partial charge on any atom is -0.508 e. The first-order valence-corrected chi connectivity index (χ1v) is 10.8. The van der Waals surface area contributed by atoms with E-state index in [9.17, 15) is 19.4 Å². The molecule has 0 saturated heterocycles. The number of Topliss-reactive ketones (excluding diaryl/α,β-unsaturated/α-hetero) is 1. The Morgan fingerprint density at radius 2 is 1.72 bits per heavy atom. The van der Waals surface area contributed by atoms with Crippen LogP contribution in [0, 0.1) is 6.92 Å². The van der Waals surface area contributed by atoms with Crippen molar-refractivity contribution in [3.63, 3.8) is 0 Å². The van der Waals surface area contributed by atoms with Crippen molar-refractivity contribution >= 4 is 24.6 Å². The van der Waals surface area contributed by atoms with Gasteiger partial charge in [-0.1, -0.05) is 78.9 Å². The number of fused-ring (bicyclic) bond motifs is 1. The zero-order valence-corrected chi connectivity index (χ0v) is 16.9.